The van der Waals surface area contributed by atoms with Crippen molar-refractivity contribution < 1.29 is 15.0 Å². The van der Waals surface area contributed by atoms with Gasteiger partial charge in [0.05, 0.1) is 11.0 Å². The lowest BCUT2D eigenvalue weighted by Crippen LogP contribution is -2.53. The SMILES string of the molecule is CCN(C(=O)c1nc2ccccc2[nH]1)C1CCCC(NC(O)(O)c2ccccc2)C1. The number of hydrogen-bond donors (Lipinski definition) is 4. The van der Waals surface area contributed by atoms with E-state index in [1.54, 1.807) is 24.3 Å². The van der Waals surface area contributed by atoms with E-state index < -0.39 is 5.91 Å². The van der Waals surface area contributed by atoms with Crippen molar-refractivity contribution in [1.29, 1.82) is 0 Å². The first-order valence-corrected chi connectivity index (χ1v) is 10.5. The molecule has 30 heavy (non-hydrogen) atoms. The molecule has 4 N–H and O–H groups in total. The molecule has 1 aliphatic rings. The van der Waals surface area contributed by atoms with Crippen LogP contribution in [0.2, 0.25) is 0 Å². The fraction of sp³-hybridized carbons (Fsp3) is 0.391. The first kappa shape index (κ1) is 20.5. The highest BCUT2D eigenvalue weighted by Crippen LogP contribution is 2.27. The average molecular weight is 409 g/mol. The molecule has 158 valence electrons. The Bertz CT molecular complexity index is 969. The Balaban J connectivity index is 1.47. The van der Waals surface area contributed by atoms with Gasteiger partial charge in [0.1, 0.15) is 0 Å². The first-order chi connectivity index (χ1) is 14.5. The molecule has 1 fully saturated rings. The van der Waals surface area contributed by atoms with Gasteiger partial charge in [0.2, 0.25) is 0 Å². The number of carbonyl (C=O) groups is 1. The summed E-state index contributed by atoms with van der Waals surface area (Å²) in [6.07, 6.45) is 3.25. The van der Waals surface area contributed by atoms with Gasteiger partial charge in [-0.15, -0.1) is 0 Å². The van der Waals surface area contributed by atoms with Crippen LogP contribution in [0.15, 0.2) is 54.6 Å². The average Bonchev–Trinajstić information content (AvgIpc) is 3.19. The standard InChI is InChI=1S/C23H28N4O3/c1-2-27(22(28)21-24-19-13-6-7-14-20(19)25-21)18-12-8-11-17(15-18)26-23(29,30)16-9-4-3-5-10-16/h3-7,9-10,13-14,17-18,26,29-30H,2,8,11-12,15H2,1H3,(H,24,25). The van der Waals surface area contributed by atoms with E-state index in [1.165, 1.54) is 0 Å². The van der Waals surface area contributed by atoms with E-state index in [9.17, 15) is 15.0 Å². The van der Waals surface area contributed by atoms with Crippen LogP contribution in [0.5, 0.6) is 0 Å². The van der Waals surface area contributed by atoms with Crippen LogP contribution in [0.25, 0.3) is 11.0 Å². The highest BCUT2D eigenvalue weighted by atomic mass is 16.5. The second-order valence-electron chi connectivity index (χ2n) is 7.89. The number of amides is 1. The first-order valence-electron chi connectivity index (χ1n) is 10.5. The van der Waals surface area contributed by atoms with Crippen LogP contribution in [-0.2, 0) is 5.91 Å². The Kier molecular flexibility index (Phi) is 5.85. The lowest BCUT2D eigenvalue weighted by atomic mass is 9.89. The number of para-hydroxylation sites is 2. The Morgan fingerprint density at radius 1 is 1.17 bits per heavy atom. The second-order valence-corrected chi connectivity index (χ2v) is 7.89. The summed E-state index contributed by atoms with van der Waals surface area (Å²) in [5.74, 6) is -1.88. The molecule has 2 aromatic carbocycles. The van der Waals surface area contributed by atoms with Gasteiger partial charge in [-0.1, -0.05) is 42.5 Å². The molecule has 4 rings (SSSR count). The van der Waals surface area contributed by atoms with Gasteiger partial charge in [0, 0.05) is 24.2 Å². The highest BCUT2D eigenvalue weighted by molar-refractivity contribution is 5.94. The largest absolute Gasteiger partial charge is 0.350 e. The molecule has 7 heteroatoms. The molecule has 0 bridgehead atoms. The van der Waals surface area contributed by atoms with Crippen molar-refractivity contribution >= 4 is 16.9 Å². The summed E-state index contributed by atoms with van der Waals surface area (Å²) in [7, 11) is 0. The number of benzene rings is 2. The van der Waals surface area contributed by atoms with Gasteiger partial charge in [-0.05, 0) is 44.7 Å². The summed E-state index contributed by atoms with van der Waals surface area (Å²) in [5, 5.41) is 24.0. The van der Waals surface area contributed by atoms with Crippen LogP contribution in [0.4, 0.5) is 0 Å². The number of aromatic nitrogens is 2. The van der Waals surface area contributed by atoms with Gasteiger partial charge < -0.3 is 20.1 Å². The molecule has 1 aromatic heterocycles. The minimum Gasteiger partial charge on any atom is -0.350 e. The second kappa shape index (κ2) is 8.55. The van der Waals surface area contributed by atoms with Gasteiger partial charge in [0.25, 0.3) is 11.8 Å². The number of imidazole rings is 1. The van der Waals surface area contributed by atoms with Crippen LogP contribution in [0.1, 0.15) is 48.8 Å². The number of aromatic amines is 1. The van der Waals surface area contributed by atoms with Crippen molar-refractivity contribution in [3.63, 3.8) is 0 Å². The summed E-state index contributed by atoms with van der Waals surface area (Å²) >= 11 is 0. The summed E-state index contributed by atoms with van der Waals surface area (Å²) in [6, 6.07) is 16.2. The summed E-state index contributed by atoms with van der Waals surface area (Å²) in [5.41, 5.74) is 2.01. The number of H-pyrrole nitrogens is 1. The Labute approximate surface area is 175 Å². The fourth-order valence-electron chi connectivity index (χ4n) is 4.37. The lowest BCUT2D eigenvalue weighted by Gasteiger charge is -2.39. The van der Waals surface area contributed by atoms with E-state index in [0.29, 0.717) is 24.4 Å². The molecule has 1 amide bonds. The van der Waals surface area contributed by atoms with Crippen molar-refractivity contribution in [3.8, 4) is 0 Å². The molecule has 0 radical (unpaired) electrons. The fourth-order valence-corrected chi connectivity index (χ4v) is 4.37. The third-order valence-corrected chi connectivity index (χ3v) is 5.86. The molecule has 0 saturated heterocycles. The number of fused-ring (bicyclic) bond motifs is 1. The molecule has 2 atom stereocenters. The predicted octanol–water partition coefficient (Wildman–Crippen LogP) is 2.72. The van der Waals surface area contributed by atoms with Crippen molar-refractivity contribution in [2.24, 2.45) is 0 Å². The van der Waals surface area contributed by atoms with Crippen molar-refractivity contribution in [2.45, 2.75) is 50.6 Å². The van der Waals surface area contributed by atoms with Gasteiger partial charge in [-0.3, -0.25) is 10.1 Å². The lowest BCUT2D eigenvalue weighted by molar-refractivity contribution is -0.203. The number of aliphatic hydroxyl groups is 2. The van der Waals surface area contributed by atoms with E-state index in [1.807, 2.05) is 42.2 Å². The number of carbonyl (C=O) groups excluding carboxylic acids is 1. The van der Waals surface area contributed by atoms with Gasteiger partial charge in [-0.2, -0.15) is 0 Å². The van der Waals surface area contributed by atoms with E-state index in [2.05, 4.69) is 15.3 Å². The molecule has 1 saturated carbocycles. The normalized spacial score (nSPS) is 19.7. The van der Waals surface area contributed by atoms with Crippen LogP contribution in [-0.4, -0.2) is 49.6 Å². The van der Waals surface area contributed by atoms with Crippen LogP contribution in [0.3, 0.4) is 0 Å². The summed E-state index contributed by atoms with van der Waals surface area (Å²) in [6.45, 7) is 2.53. The molecule has 1 aliphatic carbocycles. The number of hydrogen-bond acceptors (Lipinski definition) is 5. The number of rotatable bonds is 6. The van der Waals surface area contributed by atoms with E-state index >= 15 is 0 Å². The van der Waals surface area contributed by atoms with Gasteiger partial charge in [0.15, 0.2) is 5.82 Å². The van der Waals surface area contributed by atoms with E-state index in [4.69, 9.17) is 0 Å². The topological polar surface area (TPSA) is 101 Å². The quantitative estimate of drug-likeness (QED) is 0.470. The maximum Gasteiger partial charge on any atom is 0.289 e. The molecular weight excluding hydrogens is 380 g/mol. The zero-order valence-corrected chi connectivity index (χ0v) is 17.1. The van der Waals surface area contributed by atoms with Crippen molar-refractivity contribution in [1.82, 2.24) is 20.2 Å². The number of nitrogens with one attached hydrogen (secondary N) is 2. The smallest absolute Gasteiger partial charge is 0.289 e. The molecule has 0 aliphatic heterocycles. The molecule has 7 nitrogen and oxygen atoms in total. The van der Waals surface area contributed by atoms with E-state index in [0.717, 1.165) is 30.3 Å². The van der Waals surface area contributed by atoms with Crippen LogP contribution in [0, 0.1) is 0 Å². The molecule has 3 aromatic rings. The minimum atomic E-state index is -2.10. The van der Waals surface area contributed by atoms with Gasteiger partial charge in [-0.25, -0.2) is 4.98 Å². The number of nitrogens with zero attached hydrogens (tertiary/aromatic N) is 2. The van der Waals surface area contributed by atoms with Crippen molar-refractivity contribution in [2.75, 3.05) is 6.54 Å². The van der Waals surface area contributed by atoms with Crippen LogP contribution >= 0.6 is 0 Å². The monoisotopic (exact) mass is 408 g/mol. The zero-order valence-electron chi connectivity index (χ0n) is 17.1. The summed E-state index contributed by atoms with van der Waals surface area (Å²) in [4.78, 5) is 22.6. The Morgan fingerprint density at radius 3 is 2.63 bits per heavy atom. The van der Waals surface area contributed by atoms with Crippen LogP contribution < -0.4 is 5.32 Å². The highest BCUT2D eigenvalue weighted by Gasteiger charge is 2.35. The minimum absolute atomic E-state index is 0.00790. The van der Waals surface area contributed by atoms with Gasteiger partial charge >= 0.3 is 0 Å². The third kappa shape index (κ3) is 4.23. The maximum absolute atomic E-state index is 13.2. The Morgan fingerprint density at radius 2 is 1.90 bits per heavy atom. The summed E-state index contributed by atoms with van der Waals surface area (Å²) < 4.78 is 0. The maximum atomic E-state index is 13.2. The van der Waals surface area contributed by atoms with E-state index in [-0.39, 0.29) is 18.0 Å². The van der Waals surface area contributed by atoms with Crippen molar-refractivity contribution in [3.05, 3.63) is 66.0 Å². The molecular formula is C23H28N4O3. The zero-order chi connectivity index (χ0) is 21.1. The Hall–Kier alpha value is -2.74. The molecule has 1 heterocycles. The molecule has 2 unspecified atom stereocenters. The molecule has 0 spiro atoms. The third-order valence-electron chi connectivity index (χ3n) is 5.86. The predicted molar refractivity (Wildman–Crippen MR) is 115 cm³/mol.